The van der Waals surface area contributed by atoms with E-state index in [1.165, 1.54) is 11.3 Å². The van der Waals surface area contributed by atoms with Crippen molar-refractivity contribution in [1.82, 2.24) is 4.98 Å². The van der Waals surface area contributed by atoms with Crippen molar-refractivity contribution in [2.24, 2.45) is 0 Å². The van der Waals surface area contributed by atoms with E-state index in [1.54, 1.807) is 6.92 Å². The minimum Gasteiger partial charge on any atom is -0.394 e. The highest BCUT2D eigenvalue weighted by Gasteiger charge is 2.08. The second-order valence-corrected chi connectivity index (χ2v) is 3.77. The number of rotatable bonds is 3. The first-order valence-corrected chi connectivity index (χ1v) is 4.74. The molecule has 0 spiro atoms. The Kier molecular flexibility index (Phi) is 3.23. The highest BCUT2D eigenvalue weighted by atomic mass is 32.1. The van der Waals surface area contributed by atoms with E-state index in [1.807, 2.05) is 6.92 Å². The van der Waals surface area contributed by atoms with Crippen molar-refractivity contribution in [2.75, 3.05) is 11.9 Å². The lowest BCUT2D eigenvalue weighted by Crippen LogP contribution is -2.18. The van der Waals surface area contributed by atoms with E-state index in [4.69, 9.17) is 10.4 Å². The Morgan fingerprint density at radius 1 is 1.77 bits per heavy atom. The van der Waals surface area contributed by atoms with E-state index < -0.39 is 0 Å². The van der Waals surface area contributed by atoms with Crippen LogP contribution in [-0.2, 0) is 0 Å². The fourth-order valence-corrected chi connectivity index (χ4v) is 1.69. The molecule has 0 aliphatic heterocycles. The minimum absolute atomic E-state index is 0.0305. The predicted molar refractivity (Wildman–Crippen MR) is 51.7 cm³/mol. The van der Waals surface area contributed by atoms with Crippen LogP contribution in [0, 0.1) is 18.3 Å². The van der Waals surface area contributed by atoms with Gasteiger partial charge in [0.2, 0.25) is 0 Å². The number of hydrogen-bond acceptors (Lipinski definition) is 5. The van der Waals surface area contributed by atoms with Crippen LogP contribution < -0.4 is 5.32 Å². The molecule has 0 aliphatic carbocycles. The Labute approximate surface area is 80.9 Å². The normalized spacial score (nSPS) is 12.2. The lowest BCUT2D eigenvalue weighted by atomic mass is 10.4. The third-order valence-electron chi connectivity index (χ3n) is 1.54. The Hall–Kier alpha value is -1.12. The SMILES string of the molecule is Cc1nc(N[C@@H](C)CO)sc1C#N. The van der Waals surface area contributed by atoms with Crippen molar-refractivity contribution in [1.29, 1.82) is 5.26 Å². The molecule has 13 heavy (non-hydrogen) atoms. The number of aromatic nitrogens is 1. The molecule has 1 atom stereocenters. The molecule has 2 N–H and O–H groups in total. The van der Waals surface area contributed by atoms with Gasteiger partial charge >= 0.3 is 0 Å². The molecule has 4 nitrogen and oxygen atoms in total. The van der Waals surface area contributed by atoms with Crippen LogP contribution in [-0.4, -0.2) is 22.7 Å². The smallest absolute Gasteiger partial charge is 0.184 e. The second kappa shape index (κ2) is 4.21. The van der Waals surface area contributed by atoms with Gasteiger partial charge in [-0.15, -0.1) is 0 Å². The molecule has 0 bridgehead atoms. The van der Waals surface area contributed by atoms with Crippen LogP contribution in [0.15, 0.2) is 0 Å². The monoisotopic (exact) mass is 197 g/mol. The van der Waals surface area contributed by atoms with Gasteiger partial charge in [-0.2, -0.15) is 5.26 Å². The highest BCUT2D eigenvalue weighted by Crippen LogP contribution is 2.21. The summed E-state index contributed by atoms with van der Waals surface area (Å²) in [5, 5.41) is 21.1. The van der Waals surface area contributed by atoms with Crippen molar-refractivity contribution in [2.45, 2.75) is 19.9 Å². The molecule has 1 aromatic rings. The van der Waals surface area contributed by atoms with Crippen LogP contribution in [0.4, 0.5) is 5.13 Å². The zero-order valence-electron chi connectivity index (χ0n) is 7.53. The highest BCUT2D eigenvalue weighted by molar-refractivity contribution is 7.16. The van der Waals surface area contributed by atoms with E-state index in [9.17, 15) is 0 Å². The van der Waals surface area contributed by atoms with Gasteiger partial charge < -0.3 is 10.4 Å². The minimum atomic E-state index is -0.0305. The van der Waals surface area contributed by atoms with Gasteiger partial charge in [-0.05, 0) is 13.8 Å². The Balaban J connectivity index is 2.75. The third kappa shape index (κ3) is 2.41. The van der Waals surface area contributed by atoms with Crippen molar-refractivity contribution >= 4 is 16.5 Å². The van der Waals surface area contributed by atoms with Gasteiger partial charge in [-0.1, -0.05) is 11.3 Å². The first kappa shape index (κ1) is 9.96. The summed E-state index contributed by atoms with van der Waals surface area (Å²) in [6, 6.07) is 2.03. The van der Waals surface area contributed by atoms with Gasteiger partial charge in [0.25, 0.3) is 0 Å². The van der Waals surface area contributed by atoms with E-state index in [2.05, 4.69) is 16.4 Å². The van der Waals surface area contributed by atoms with Gasteiger partial charge in [0, 0.05) is 6.04 Å². The van der Waals surface area contributed by atoms with Crippen LogP contribution in [0.5, 0.6) is 0 Å². The predicted octanol–water partition coefficient (Wildman–Crippen LogP) is 1.12. The zero-order chi connectivity index (χ0) is 9.84. The number of nitrogens with zero attached hydrogens (tertiary/aromatic N) is 2. The number of aryl methyl sites for hydroxylation is 1. The molecule has 0 fully saturated rings. The molecule has 1 aromatic heterocycles. The van der Waals surface area contributed by atoms with Gasteiger partial charge in [-0.3, -0.25) is 0 Å². The lowest BCUT2D eigenvalue weighted by molar-refractivity contribution is 0.281. The van der Waals surface area contributed by atoms with Crippen LogP contribution in [0.2, 0.25) is 0 Å². The molecule has 70 valence electrons. The maximum absolute atomic E-state index is 8.78. The van der Waals surface area contributed by atoms with Crippen molar-refractivity contribution < 1.29 is 5.11 Å². The lowest BCUT2D eigenvalue weighted by Gasteiger charge is -2.07. The molecule has 0 unspecified atom stereocenters. The summed E-state index contributed by atoms with van der Waals surface area (Å²) < 4.78 is 0. The molecule has 0 aromatic carbocycles. The van der Waals surface area contributed by atoms with E-state index in [-0.39, 0.29) is 12.6 Å². The van der Waals surface area contributed by atoms with Crippen molar-refractivity contribution in [3.63, 3.8) is 0 Å². The molecular weight excluding hydrogens is 186 g/mol. The first-order chi connectivity index (χ1) is 6.17. The summed E-state index contributed by atoms with van der Waals surface area (Å²) >= 11 is 1.31. The van der Waals surface area contributed by atoms with Crippen molar-refractivity contribution in [3.05, 3.63) is 10.6 Å². The van der Waals surface area contributed by atoms with Gasteiger partial charge in [-0.25, -0.2) is 4.98 Å². The summed E-state index contributed by atoms with van der Waals surface area (Å²) in [4.78, 5) is 4.76. The van der Waals surface area contributed by atoms with Gasteiger partial charge in [0.15, 0.2) is 5.13 Å². The number of nitrogens with one attached hydrogen (secondary N) is 1. The molecule has 1 rings (SSSR count). The Bertz CT molecular complexity index is 329. The number of thiazole rings is 1. The summed E-state index contributed by atoms with van der Waals surface area (Å²) in [6.07, 6.45) is 0. The number of nitriles is 1. The fraction of sp³-hybridized carbons (Fsp3) is 0.500. The number of aliphatic hydroxyl groups excluding tert-OH is 1. The summed E-state index contributed by atoms with van der Waals surface area (Å²) in [6.45, 7) is 3.70. The summed E-state index contributed by atoms with van der Waals surface area (Å²) in [5.41, 5.74) is 0.736. The van der Waals surface area contributed by atoms with Crippen LogP contribution in [0.25, 0.3) is 0 Å². The second-order valence-electron chi connectivity index (χ2n) is 2.77. The number of aliphatic hydroxyl groups is 1. The van der Waals surface area contributed by atoms with E-state index in [0.717, 1.165) is 5.69 Å². The van der Waals surface area contributed by atoms with Crippen LogP contribution >= 0.6 is 11.3 Å². The molecule has 0 amide bonds. The Morgan fingerprint density at radius 2 is 2.46 bits per heavy atom. The molecule has 0 saturated heterocycles. The maximum Gasteiger partial charge on any atom is 0.184 e. The largest absolute Gasteiger partial charge is 0.394 e. The molecular formula is C8H11N3OS. The van der Waals surface area contributed by atoms with Crippen LogP contribution in [0.3, 0.4) is 0 Å². The molecule has 5 heteroatoms. The molecule has 0 radical (unpaired) electrons. The fourth-order valence-electron chi connectivity index (χ4n) is 0.818. The number of hydrogen-bond donors (Lipinski definition) is 2. The standard InChI is InChI=1S/C8H11N3OS/c1-5(4-12)10-8-11-6(2)7(3-9)13-8/h5,12H,4H2,1-2H3,(H,10,11)/t5-/m0/s1. The average Bonchev–Trinajstić information content (AvgIpc) is 2.46. The van der Waals surface area contributed by atoms with E-state index in [0.29, 0.717) is 10.0 Å². The first-order valence-electron chi connectivity index (χ1n) is 3.92. The van der Waals surface area contributed by atoms with Gasteiger partial charge in [0.05, 0.1) is 12.3 Å². The number of anilines is 1. The Morgan fingerprint density at radius 3 is 2.92 bits per heavy atom. The average molecular weight is 197 g/mol. The summed E-state index contributed by atoms with van der Waals surface area (Å²) in [5.74, 6) is 0. The molecule has 0 aliphatic rings. The van der Waals surface area contributed by atoms with Gasteiger partial charge in [0.1, 0.15) is 10.9 Å². The maximum atomic E-state index is 8.78. The topological polar surface area (TPSA) is 68.9 Å². The third-order valence-corrected chi connectivity index (χ3v) is 2.54. The molecule has 1 heterocycles. The van der Waals surface area contributed by atoms with E-state index >= 15 is 0 Å². The molecule has 0 saturated carbocycles. The van der Waals surface area contributed by atoms with Crippen molar-refractivity contribution in [3.8, 4) is 6.07 Å². The van der Waals surface area contributed by atoms with Crippen LogP contribution in [0.1, 0.15) is 17.5 Å². The quantitative estimate of drug-likeness (QED) is 0.761. The summed E-state index contributed by atoms with van der Waals surface area (Å²) in [7, 11) is 0. The zero-order valence-corrected chi connectivity index (χ0v) is 8.35.